The summed E-state index contributed by atoms with van der Waals surface area (Å²) in [7, 11) is 1.59. The highest BCUT2D eigenvalue weighted by Gasteiger charge is 2.28. The Kier molecular flexibility index (Phi) is 5.84. The van der Waals surface area contributed by atoms with Gasteiger partial charge in [-0.25, -0.2) is 0 Å². The molecule has 3 aromatic rings. The summed E-state index contributed by atoms with van der Waals surface area (Å²) in [6.45, 7) is 1.21. The Morgan fingerprint density at radius 1 is 1.06 bits per heavy atom. The third-order valence-corrected chi connectivity index (χ3v) is 6.48. The summed E-state index contributed by atoms with van der Waals surface area (Å²) in [6, 6.07) is 18.7. The molecule has 0 saturated carbocycles. The Morgan fingerprint density at radius 3 is 2.62 bits per heavy atom. The number of rotatable bonds is 6. The van der Waals surface area contributed by atoms with Crippen LogP contribution in [0.2, 0.25) is 0 Å². The van der Waals surface area contributed by atoms with E-state index in [0.29, 0.717) is 42.3 Å². The smallest absolute Gasteiger partial charge is 0.304 e. The average molecular weight is 459 g/mol. The maximum atomic E-state index is 13.1. The van der Waals surface area contributed by atoms with Crippen LogP contribution in [0.5, 0.6) is 17.2 Å². The Balaban J connectivity index is 1.44. The minimum Gasteiger partial charge on any atom is -0.497 e. The van der Waals surface area contributed by atoms with Crippen molar-refractivity contribution < 1.29 is 28.9 Å². The number of hydrogen-bond donors (Lipinski definition) is 1. The number of hydrogen-bond acceptors (Lipinski definition) is 5. The van der Waals surface area contributed by atoms with E-state index in [1.165, 1.54) is 0 Å². The van der Waals surface area contributed by atoms with Crippen LogP contribution in [0.3, 0.4) is 0 Å². The minimum absolute atomic E-state index is 0.0310. The first-order valence-electron chi connectivity index (χ1n) is 11.2. The topological polar surface area (TPSA) is 85.3 Å². The number of methoxy groups -OCH3 is 1. The van der Waals surface area contributed by atoms with Crippen molar-refractivity contribution in [1.29, 1.82) is 0 Å². The molecule has 0 spiro atoms. The lowest BCUT2D eigenvalue weighted by atomic mass is 9.82. The molecule has 7 heteroatoms. The lowest BCUT2D eigenvalue weighted by Crippen LogP contribution is -2.36. The molecule has 1 atom stereocenters. The van der Waals surface area contributed by atoms with Gasteiger partial charge in [0.25, 0.3) is 5.91 Å². The van der Waals surface area contributed by atoms with E-state index in [1.54, 1.807) is 31.4 Å². The van der Waals surface area contributed by atoms with Gasteiger partial charge in [-0.15, -0.1) is 0 Å². The molecule has 5 rings (SSSR count). The van der Waals surface area contributed by atoms with Gasteiger partial charge in [0, 0.05) is 24.6 Å². The monoisotopic (exact) mass is 459 g/mol. The number of ether oxygens (including phenoxy) is 3. The van der Waals surface area contributed by atoms with Crippen molar-refractivity contribution >= 4 is 11.9 Å². The summed E-state index contributed by atoms with van der Waals surface area (Å²) >= 11 is 0. The molecule has 0 saturated heterocycles. The van der Waals surface area contributed by atoms with Gasteiger partial charge in [-0.1, -0.05) is 24.3 Å². The lowest BCUT2D eigenvalue weighted by molar-refractivity contribution is -0.137. The second-order valence-corrected chi connectivity index (χ2v) is 8.45. The zero-order valence-corrected chi connectivity index (χ0v) is 18.8. The Bertz CT molecular complexity index is 1240. The van der Waals surface area contributed by atoms with E-state index in [9.17, 15) is 14.7 Å². The predicted octanol–water partition coefficient (Wildman–Crippen LogP) is 4.23. The van der Waals surface area contributed by atoms with Crippen molar-refractivity contribution in [3.63, 3.8) is 0 Å². The van der Waals surface area contributed by atoms with E-state index >= 15 is 0 Å². The number of benzene rings is 3. The van der Waals surface area contributed by atoms with Crippen LogP contribution >= 0.6 is 0 Å². The molecule has 0 fully saturated rings. The predicted molar refractivity (Wildman–Crippen MR) is 125 cm³/mol. The van der Waals surface area contributed by atoms with Gasteiger partial charge in [0.05, 0.1) is 13.5 Å². The maximum Gasteiger partial charge on any atom is 0.304 e. The molecule has 2 aliphatic rings. The van der Waals surface area contributed by atoms with Gasteiger partial charge in [0.15, 0.2) is 11.5 Å². The fourth-order valence-electron chi connectivity index (χ4n) is 4.77. The molecule has 0 bridgehead atoms. The van der Waals surface area contributed by atoms with Crippen molar-refractivity contribution in [2.75, 3.05) is 20.4 Å². The largest absolute Gasteiger partial charge is 0.497 e. The molecule has 34 heavy (non-hydrogen) atoms. The molecule has 2 aliphatic heterocycles. The molecule has 3 aromatic carbocycles. The summed E-state index contributed by atoms with van der Waals surface area (Å²) in [4.78, 5) is 26.7. The highest BCUT2D eigenvalue weighted by Crippen LogP contribution is 2.39. The molecular formula is C27H25NO6. The lowest BCUT2D eigenvalue weighted by Gasteiger charge is -2.32. The standard InChI is InChI=1S/C27H25NO6/c1-32-20-8-5-17(6-9-20)27(31)28-12-11-21-19(15-28)3-2-4-22(21)23(14-26(29)30)18-7-10-24-25(13-18)34-16-33-24/h2-10,13,23H,11-12,14-16H2,1H3,(H,29,30). The van der Waals surface area contributed by atoms with Crippen LogP contribution in [-0.4, -0.2) is 42.3 Å². The fourth-order valence-corrected chi connectivity index (χ4v) is 4.77. The van der Waals surface area contributed by atoms with E-state index in [-0.39, 0.29) is 25.0 Å². The summed E-state index contributed by atoms with van der Waals surface area (Å²) in [6.07, 6.45) is 0.624. The molecule has 2 heterocycles. The second-order valence-electron chi connectivity index (χ2n) is 8.45. The van der Waals surface area contributed by atoms with Crippen molar-refractivity contribution in [1.82, 2.24) is 4.90 Å². The zero-order chi connectivity index (χ0) is 23.7. The molecular weight excluding hydrogens is 434 g/mol. The first-order chi connectivity index (χ1) is 16.5. The van der Waals surface area contributed by atoms with E-state index < -0.39 is 5.97 Å². The van der Waals surface area contributed by atoms with Crippen molar-refractivity contribution in [2.24, 2.45) is 0 Å². The van der Waals surface area contributed by atoms with Gasteiger partial charge in [-0.3, -0.25) is 9.59 Å². The van der Waals surface area contributed by atoms with Crippen LogP contribution in [0.25, 0.3) is 0 Å². The van der Waals surface area contributed by atoms with E-state index in [1.807, 2.05) is 41.3 Å². The van der Waals surface area contributed by atoms with Crippen LogP contribution in [0.4, 0.5) is 0 Å². The summed E-state index contributed by atoms with van der Waals surface area (Å²) < 4.78 is 16.1. The molecule has 1 amide bonds. The van der Waals surface area contributed by atoms with Crippen LogP contribution in [-0.2, 0) is 17.8 Å². The first kappa shape index (κ1) is 21.8. The molecule has 7 nitrogen and oxygen atoms in total. The number of carboxylic acid groups (broad SMARTS) is 1. The summed E-state index contributed by atoms with van der Waals surface area (Å²) in [5.41, 5.74) is 4.63. The molecule has 0 aromatic heterocycles. The molecule has 0 aliphatic carbocycles. The van der Waals surface area contributed by atoms with Crippen LogP contribution in [0, 0.1) is 0 Å². The van der Waals surface area contributed by atoms with Crippen LogP contribution < -0.4 is 14.2 Å². The SMILES string of the molecule is COc1ccc(C(=O)N2CCc3c(cccc3C(CC(=O)O)c3ccc4c(c3)OCO4)C2)cc1. The van der Waals surface area contributed by atoms with E-state index in [0.717, 1.165) is 22.3 Å². The van der Waals surface area contributed by atoms with Crippen molar-refractivity contribution in [3.8, 4) is 17.2 Å². The summed E-state index contributed by atoms with van der Waals surface area (Å²) in [5.74, 6) is 0.780. The van der Waals surface area contributed by atoms with Gasteiger partial charge in [0.2, 0.25) is 6.79 Å². The molecule has 174 valence electrons. The highest BCUT2D eigenvalue weighted by atomic mass is 16.7. The van der Waals surface area contributed by atoms with Gasteiger partial charge in [0.1, 0.15) is 5.75 Å². The second kappa shape index (κ2) is 9.09. The normalized spacial score (nSPS) is 14.9. The third kappa shape index (κ3) is 4.17. The van der Waals surface area contributed by atoms with Crippen molar-refractivity contribution in [3.05, 3.63) is 88.5 Å². The van der Waals surface area contributed by atoms with Crippen LogP contribution in [0.1, 0.15) is 45.0 Å². The van der Waals surface area contributed by atoms with Gasteiger partial charge >= 0.3 is 5.97 Å². The van der Waals surface area contributed by atoms with Gasteiger partial charge < -0.3 is 24.2 Å². The number of carbonyl (C=O) groups is 2. The molecule has 1 N–H and O–H groups in total. The third-order valence-electron chi connectivity index (χ3n) is 6.48. The summed E-state index contributed by atoms with van der Waals surface area (Å²) in [5, 5.41) is 9.66. The number of carboxylic acids is 1. The number of carbonyl (C=O) groups excluding carboxylic acids is 1. The Morgan fingerprint density at radius 2 is 1.85 bits per heavy atom. The molecule has 1 unspecified atom stereocenters. The number of nitrogens with zero attached hydrogens (tertiary/aromatic N) is 1. The Labute approximate surface area is 197 Å². The van der Waals surface area contributed by atoms with E-state index in [4.69, 9.17) is 14.2 Å². The number of amides is 1. The highest BCUT2D eigenvalue weighted by molar-refractivity contribution is 5.94. The van der Waals surface area contributed by atoms with Gasteiger partial charge in [-0.2, -0.15) is 0 Å². The maximum absolute atomic E-state index is 13.1. The number of fused-ring (bicyclic) bond motifs is 2. The average Bonchev–Trinajstić information content (AvgIpc) is 3.34. The fraction of sp³-hybridized carbons (Fsp3) is 0.259. The number of aliphatic carboxylic acids is 1. The van der Waals surface area contributed by atoms with Crippen LogP contribution in [0.15, 0.2) is 60.7 Å². The van der Waals surface area contributed by atoms with Crippen molar-refractivity contribution in [2.45, 2.75) is 25.3 Å². The van der Waals surface area contributed by atoms with E-state index in [2.05, 4.69) is 0 Å². The first-order valence-corrected chi connectivity index (χ1v) is 11.2. The van der Waals surface area contributed by atoms with Gasteiger partial charge in [-0.05, 0) is 65.1 Å². The quantitative estimate of drug-likeness (QED) is 0.594. The molecule has 0 radical (unpaired) electrons. The Hall–Kier alpha value is -4.00. The zero-order valence-electron chi connectivity index (χ0n) is 18.8. The minimum atomic E-state index is -0.868.